The number of para-hydroxylation sites is 1. The van der Waals surface area contributed by atoms with E-state index in [1.165, 1.54) is 33.8 Å². The summed E-state index contributed by atoms with van der Waals surface area (Å²) in [5, 5.41) is 0. The molecule has 1 aliphatic rings. The first-order valence-electron chi connectivity index (χ1n) is 9.68. The van der Waals surface area contributed by atoms with E-state index < -0.39 is 0 Å². The Balaban J connectivity index is 1.76. The Morgan fingerprint density at radius 3 is 2.11 bits per heavy atom. The van der Waals surface area contributed by atoms with E-state index in [9.17, 15) is 0 Å². The molecule has 0 radical (unpaired) electrons. The van der Waals surface area contributed by atoms with E-state index in [-0.39, 0.29) is 5.92 Å². The van der Waals surface area contributed by atoms with Crippen molar-refractivity contribution in [2.45, 2.75) is 5.92 Å². The van der Waals surface area contributed by atoms with Crippen LogP contribution in [0.3, 0.4) is 0 Å². The topological polar surface area (TPSA) is 6.48 Å². The summed E-state index contributed by atoms with van der Waals surface area (Å²) >= 11 is 0. The van der Waals surface area contributed by atoms with Crippen molar-refractivity contribution in [3.63, 3.8) is 0 Å². The van der Waals surface area contributed by atoms with Crippen molar-refractivity contribution in [1.29, 1.82) is 0 Å². The number of likely N-dealkylation sites (N-methyl/N-ethyl adjacent to an activating group) is 1. The van der Waals surface area contributed by atoms with E-state index in [2.05, 4.69) is 128 Å². The van der Waals surface area contributed by atoms with Crippen LogP contribution in [-0.4, -0.2) is 21.1 Å². The van der Waals surface area contributed by atoms with Crippen LogP contribution < -0.4 is 9.80 Å². The van der Waals surface area contributed by atoms with E-state index in [1.54, 1.807) is 0 Å². The van der Waals surface area contributed by atoms with Crippen LogP contribution in [0.25, 0.3) is 6.08 Å². The highest BCUT2D eigenvalue weighted by Gasteiger charge is 2.17. The Morgan fingerprint density at radius 2 is 1.39 bits per heavy atom. The number of fused-ring (bicyclic) bond motifs is 1. The Bertz CT molecular complexity index is 998. The van der Waals surface area contributed by atoms with Gasteiger partial charge in [0.05, 0.1) is 0 Å². The van der Waals surface area contributed by atoms with Crippen molar-refractivity contribution in [3.8, 4) is 0 Å². The lowest BCUT2D eigenvalue weighted by Crippen LogP contribution is -2.19. The SMILES string of the molecule is CN(C)c1ccc(C(C=C2C=Cc3ccccc3N2C)c2ccccc2)cc1. The molecule has 0 saturated heterocycles. The number of benzene rings is 3. The molecule has 28 heavy (non-hydrogen) atoms. The molecule has 0 bridgehead atoms. The molecule has 3 aromatic rings. The van der Waals surface area contributed by atoms with Crippen LogP contribution in [0.2, 0.25) is 0 Å². The van der Waals surface area contributed by atoms with E-state index in [0.29, 0.717) is 0 Å². The minimum Gasteiger partial charge on any atom is -0.378 e. The van der Waals surface area contributed by atoms with Crippen LogP contribution in [0.15, 0.2) is 96.7 Å². The van der Waals surface area contributed by atoms with Gasteiger partial charge in [-0.05, 0) is 47.0 Å². The minimum absolute atomic E-state index is 0.199. The maximum atomic E-state index is 2.37. The molecule has 0 amide bonds. The molecule has 1 aliphatic heterocycles. The monoisotopic (exact) mass is 366 g/mol. The summed E-state index contributed by atoms with van der Waals surface area (Å²) in [7, 11) is 6.29. The van der Waals surface area contributed by atoms with Crippen molar-refractivity contribution >= 4 is 17.5 Å². The van der Waals surface area contributed by atoms with Crippen LogP contribution in [-0.2, 0) is 0 Å². The normalized spacial score (nSPS) is 15.4. The molecular formula is C26H26N2. The lowest BCUT2D eigenvalue weighted by molar-refractivity contribution is 0.988. The fourth-order valence-corrected chi connectivity index (χ4v) is 3.72. The van der Waals surface area contributed by atoms with Crippen LogP contribution in [0.1, 0.15) is 22.6 Å². The molecule has 3 aromatic carbocycles. The van der Waals surface area contributed by atoms with Gasteiger partial charge in [-0.25, -0.2) is 0 Å². The molecule has 2 heteroatoms. The van der Waals surface area contributed by atoms with E-state index >= 15 is 0 Å². The maximum Gasteiger partial charge on any atom is 0.0481 e. The third-order valence-electron chi connectivity index (χ3n) is 5.38. The van der Waals surface area contributed by atoms with Gasteiger partial charge in [0.2, 0.25) is 0 Å². The molecule has 0 N–H and O–H groups in total. The fourth-order valence-electron chi connectivity index (χ4n) is 3.72. The number of anilines is 2. The molecule has 1 atom stereocenters. The largest absolute Gasteiger partial charge is 0.378 e. The third-order valence-corrected chi connectivity index (χ3v) is 5.38. The quantitative estimate of drug-likeness (QED) is 0.564. The molecule has 4 rings (SSSR count). The highest BCUT2D eigenvalue weighted by molar-refractivity contribution is 5.76. The lowest BCUT2D eigenvalue weighted by Gasteiger charge is -2.28. The summed E-state index contributed by atoms with van der Waals surface area (Å²) in [6.07, 6.45) is 6.79. The summed E-state index contributed by atoms with van der Waals surface area (Å²) in [6, 6.07) is 28.1. The van der Waals surface area contributed by atoms with Gasteiger partial charge in [-0.3, -0.25) is 0 Å². The van der Waals surface area contributed by atoms with Crippen LogP contribution in [0, 0.1) is 0 Å². The van der Waals surface area contributed by atoms with Gasteiger partial charge in [-0.15, -0.1) is 0 Å². The predicted octanol–water partition coefficient (Wildman–Crippen LogP) is 5.93. The smallest absolute Gasteiger partial charge is 0.0481 e. The Hall–Kier alpha value is -3.26. The predicted molar refractivity (Wildman–Crippen MR) is 121 cm³/mol. The summed E-state index contributed by atoms with van der Waals surface area (Å²) in [6.45, 7) is 0. The molecule has 0 aromatic heterocycles. The number of nitrogens with zero attached hydrogens (tertiary/aromatic N) is 2. The first kappa shape index (κ1) is 18.1. The van der Waals surface area contributed by atoms with Gasteiger partial charge in [0.25, 0.3) is 0 Å². The van der Waals surface area contributed by atoms with Crippen molar-refractivity contribution in [1.82, 2.24) is 0 Å². The summed E-state index contributed by atoms with van der Waals surface area (Å²) in [4.78, 5) is 4.41. The average molecular weight is 367 g/mol. The molecular weight excluding hydrogens is 340 g/mol. The van der Waals surface area contributed by atoms with Crippen LogP contribution in [0.4, 0.5) is 11.4 Å². The maximum absolute atomic E-state index is 2.37. The van der Waals surface area contributed by atoms with E-state index in [4.69, 9.17) is 0 Å². The zero-order valence-electron chi connectivity index (χ0n) is 16.7. The first-order chi connectivity index (χ1) is 13.6. The van der Waals surface area contributed by atoms with Crippen molar-refractivity contribution < 1.29 is 0 Å². The molecule has 1 unspecified atom stereocenters. The van der Waals surface area contributed by atoms with E-state index in [1.807, 2.05) is 0 Å². The average Bonchev–Trinajstić information content (AvgIpc) is 2.74. The van der Waals surface area contributed by atoms with Gasteiger partial charge >= 0.3 is 0 Å². The zero-order chi connectivity index (χ0) is 19.5. The fraction of sp³-hybridized carbons (Fsp3) is 0.154. The Kier molecular flexibility index (Phi) is 5.03. The highest BCUT2D eigenvalue weighted by atomic mass is 15.1. The number of hydrogen-bond acceptors (Lipinski definition) is 2. The second-order valence-electron chi connectivity index (χ2n) is 7.42. The molecule has 140 valence electrons. The van der Waals surface area contributed by atoms with E-state index in [0.717, 1.165) is 0 Å². The minimum atomic E-state index is 0.199. The van der Waals surface area contributed by atoms with Gasteiger partial charge in [0.1, 0.15) is 0 Å². The third kappa shape index (κ3) is 3.59. The Labute approximate surface area is 168 Å². The second kappa shape index (κ2) is 7.77. The van der Waals surface area contributed by atoms with Crippen molar-refractivity contribution in [3.05, 3.63) is 113 Å². The summed E-state index contributed by atoms with van der Waals surface area (Å²) in [5.74, 6) is 0.199. The molecule has 0 saturated carbocycles. The second-order valence-corrected chi connectivity index (χ2v) is 7.42. The van der Waals surface area contributed by atoms with Crippen molar-refractivity contribution in [2.24, 2.45) is 0 Å². The first-order valence-corrected chi connectivity index (χ1v) is 9.68. The van der Waals surface area contributed by atoms with Crippen LogP contribution >= 0.6 is 0 Å². The standard InChI is InChI=1S/C26H26N2/c1-27(2)23-16-13-21(14-17-23)25(20-9-5-4-6-10-20)19-24-18-15-22-11-7-8-12-26(22)28(24)3/h4-19,25H,1-3H3. The number of rotatable bonds is 4. The lowest BCUT2D eigenvalue weighted by atomic mass is 9.89. The Morgan fingerprint density at radius 1 is 0.750 bits per heavy atom. The molecule has 0 aliphatic carbocycles. The van der Waals surface area contributed by atoms with Gasteiger partial charge in [-0.2, -0.15) is 0 Å². The number of hydrogen-bond donors (Lipinski definition) is 0. The number of allylic oxidation sites excluding steroid dienone is 2. The van der Waals surface area contributed by atoms with Crippen LogP contribution in [0.5, 0.6) is 0 Å². The van der Waals surface area contributed by atoms with Gasteiger partial charge in [-0.1, -0.05) is 66.7 Å². The molecule has 2 nitrogen and oxygen atoms in total. The van der Waals surface area contributed by atoms with Crippen molar-refractivity contribution in [2.75, 3.05) is 30.9 Å². The summed E-state index contributed by atoms with van der Waals surface area (Å²) in [5.41, 5.74) is 7.52. The molecule has 0 spiro atoms. The van der Waals surface area contributed by atoms with Gasteiger partial charge < -0.3 is 9.80 Å². The zero-order valence-corrected chi connectivity index (χ0v) is 16.7. The summed E-state index contributed by atoms with van der Waals surface area (Å²) < 4.78 is 0. The van der Waals surface area contributed by atoms with Gasteiger partial charge in [0.15, 0.2) is 0 Å². The molecule has 1 heterocycles. The molecule has 0 fully saturated rings. The highest BCUT2D eigenvalue weighted by Crippen LogP contribution is 2.34. The van der Waals surface area contributed by atoms with Gasteiger partial charge in [0, 0.05) is 44.1 Å².